The van der Waals surface area contributed by atoms with E-state index < -0.39 is 0 Å². The predicted octanol–water partition coefficient (Wildman–Crippen LogP) is -0.0975. The van der Waals surface area contributed by atoms with E-state index in [0.717, 1.165) is 11.4 Å². The van der Waals surface area contributed by atoms with E-state index in [-0.39, 0.29) is 24.0 Å². The molecule has 0 aromatic heterocycles. The highest BCUT2D eigenvalue weighted by Gasteiger charge is 2.26. The smallest absolute Gasteiger partial charge is 0.334 e. The van der Waals surface area contributed by atoms with Crippen molar-refractivity contribution >= 4 is 11.9 Å². The third-order valence-electron chi connectivity index (χ3n) is 2.19. The number of nitrogens with one attached hydrogen (secondary N) is 1. The minimum Gasteiger partial charge on any atom is -0.350 e. The Morgan fingerprint density at radius 1 is 1.44 bits per heavy atom. The molecule has 1 aliphatic heterocycles. The summed E-state index contributed by atoms with van der Waals surface area (Å²) in [6.45, 7) is 6.92. The van der Waals surface area contributed by atoms with E-state index in [1.54, 1.807) is 0 Å². The van der Waals surface area contributed by atoms with Gasteiger partial charge in [0.2, 0.25) is 5.91 Å². The number of carbonyl (C=O) groups excluding carboxylic acids is 2. The molecule has 3 amide bonds. The second-order valence-electron chi connectivity index (χ2n) is 5.05. The molecule has 0 atom stereocenters. The molecule has 1 rings (SSSR count). The highest BCUT2D eigenvalue weighted by Crippen LogP contribution is 2.05. The van der Waals surface area contributed by atoms with E-state index in [0.29, 0.717) is 13.1 Å². The van der Waals surface area contributed by atoms with Crippen LogP contribution in [0, 0.1) is 0 Å². The van der Waals surface area contributed by atoms with Crippen molar-refractivity contribution in [1.82, 2.24) is 15.2 Å². The van der Waals surface area contributed by atoms with Gasteiger partial charge in [-0.1, -0.05) is 0 Å². The van der Waals surface area contributed by atoms with Gasteiger partial charge in [-0.15, -0.1) is 0 Å². The molecule has 1 fully saturated rings. The summed E-state index contributed by atoms with van der Waals surface area (Å²) in [6.07, 6.45) is 0.797. The number of nitrogens with zero attached hydrogens (tertiary/aromatic N) is 2. The zero-order chi connectivity index (χ0) is 12.3. The van der Waals surface area contributed by atoms with E-state index >= 15 is 0 Å². The number of hydrogen-bond donors (Lipinski definition) is 2. The first-order chi connectivity index (χ1) is 7.29. The fourth-order valence-corrected chi connectivity index (χ4v) is 1.58. The number of nitrogens with two attached hydrogens (primary N) is 1. The quantitative estimate of drug-likeness (QED) is 0.512. The molecule has 0 aromatic carbocycles. The summed E-state index contributed by atoms with van der Waals surface area (Å²) in [5, 5.41) is 3.96. The van der Waals surface area contributed by atoms with Crippen molar-refractivity contribution in [3.63, 3.8) is 0 Å². The number of hydrogen-bond acceptors (Lipinski definition) is 3. The van der Waals surface area contributed by atoms with Crippen molar-refractivity contribution in [2.24, 2.45) is 5.84 Å². The maximum atomic E-state index is 11.6. The van der Waals surface area contributed by atoms with Crippen LogP contribution in [0.3, 0.4) is 0 Å². The second kappa shape index (κ2) is 4.69. The topological polar surface area (TPSA) is 78.7 Å². The van der Waals surface area contributed by atoms with Gasteiger partial charge in [-0.05, 0) is 27.2 Å². The fraction of sp³-hybridized carbons (Fsp3) is 0.800. The molecule has 0 unspecified atom stereocenters. The fourth-order valence-electron chi connectivity index (χ4n) is 1.58. The molecular weight excluding hydrogens is 208 g/mol. The van der Waals surface area contributed by atoms with E-state index in [4.69, 9.17) is 5.84 Å². The average molecular weight is 228 g/mol. The summed E-state index contributed by atoms with van der Waals surface area (Å²) in [5.41, 5.74) is -0.279. The molecule has 0 aromatic rings. The normalized spacial score (nSPS) is 17.6. The minimum atomic E-state index is -0.282. The third kappa shape index (κ3) is 3.69. The first kappa shape index (κ1) is 12.8. The summed E-state index contributed by atoms with van der Waals surface area (Å²) in [6, 6.07) is -0.282. The molecule has 6 nitrogen and oxygen atoms in total. The molecule has 1 aliphatic rings. The van der Waals surface area contributed by atoms with Crippen molar-refractivity contribution in [3.05, 3.63) is 0 Å². The van der Waals surface area contributed by atoms with Gasteiger partial charge >= 0.3 is 6.03 Å². The van der Waals surface area contributed by atoms with Gasteiger partial charge in [-0.25, -0.2) is 10.6 Å². The van der Waals surface area contributed by atoms with Crippen LogP contribution in [0.5, 0.6) is 0 Å². The molecule has 6 heteroatoms. The third-order valence-corrected chi connectivity index (χ3v) is 2.19. The Morgan fingerprint density at radius 2 is 2.06 bits per heavy atom. The second-order valence-corrected chi connectivity index (χ2v) is 5.05. The average Bonchev–Trinajstić information content (AvgIpc) is 2.09. The first-order valence-electron chi connectivity index (χ1n) is 5.42. The lowest BCUT2D eigenvalue weighted by Crippen LogP contribution is -2.55. The Bertz CT molecular complexity index is 285. The highest BCUT2D eigenvalue weighted by atomic mass is 16.2. The van der Waals surface area contributed by atoms with Gasteiger partial charge in [0.25, 0.3) is 0 Å². The molecule has 0 aliphatic carbocycles. The maximum absolute atomic E-state index is 11.6. The van der Waals surface area contributed by atoms with Gasteiger partial charge in [0.15, 0.2) is 0 Å². The van der Waals surface area contributed by atoms with Gasteiger partial charge < -0.3 is 10.2 Å². The van der Waals surface area contributed by atoms with Crippen LogP contribution in [0.1, 0.15) is 27.2 Å². The van der Waals surface area contributed by atoms with Crippen LogP contribution in [0.4, 0.5) is 4.79 Å². The summed E-state index contributed by atoms with van der Waals surface area (Å²) in [4.78, 5) is 24.7. The van der Waals surface area contributed by atoms with E-state index in [1.165, 1.54) is 4.90 Å². The lowest BCUT2D eigenvalue weighted by Gasteiger charge is -2.33. The Balaban J connectivity index is 2.47. The molecule has 0 saturated carbocycles. The van der Waals surface area contributed by atoms with E-state index in [1.807, 2.05) is 20.8 Å². The minimum absolute atomic E-state index is 0.0732. The maximum Gasteiger partial charge on any atom is 0.334 e. The molecular formula is C10H20N4O2. The van der Waals surface area contributed by atoms with Gasteiger partial charge in [-0.2, -0.15) is 0 Å². The van der Waals surface area contributed by atoms with Crippen LogP contribution in [0.2, 0.25) is 0 Å². The molecule has 16 heavy (non-hydrogen) atoms. The molecule has 1 heterocycles. The predicted molar refractivity (Wildman–Crippen MR) is 60.4 cm³/mol. The number of urea groups is 1. The first-order valence-corrected chi connectivity index (χ1v) is 5.42. The Kier molecular flexibility index (Phi) is 3.74. The van der Waals surface area contributed by atoms with Crippen molar-refractivity contribution in [2.45, 2.75) is 32.7 Å². The summed E-state index contributed by atoms with van der Waals surface area (Å²) >= 11 is 0. The Labute approximate surface area is 95.7 Å². The molecule has 3 N–H and O–H groups in total. The summed E-state index contributed by atoms with van der Waals surface area (Å²) in [5.74, 6) is 5.33. The number of amides is 3. The van der Waals surface area contributed by atoms with Crippen LogP contribution in [-0.2, 0) is 4.79 Å². The molecule has 1 saturated heterocycles. The number of rotatable bonds is 2. The lowest BCUT2D eigenvalue weighted by atomic mass is 10.1. The lowest BCUT2D eigenvalue weighted by molar-refractivity contribution is -0.123. The monoisotopic (exact) mass is 228 g/mol. The van der Waals surface area contributed by atoms with Crippen molar-refractivity contribution in [3.8, 4) is 0 Å². The Hall–Kier alpha value is -1.30. The summed E-state index contributed by atoms with van der Waals surface area (Å²) in [7, 11) is 0. The van der Waals surface area contributed by atoms with E-state index in [9.17, 15) is 9.59 Å². The van der Waals surface area contributed by atoms with E-state index in [2.05, 4.69) is 5.32 Å². The van der Waals surface area contributed by atoms with Crippen LogP contribution in [-0.4, -0.2) is 47.0 Å². The molecule has 92 valence electrons. The summed E-state index contributed by atoms with van der Waals surface area (Å²) < 4.78 is 0. The molecule has 0 radical (unpaired) electrons. The van der Waals surface area contributed by atoms with Crippen LogP contribution in [0.15, 0.2) is 0 Å². The molecule has 0 bridgehead atoms. The van der Waals surface area contributed by atoms with Gasteiger partial charge in [0.1, 0.15) is 6.54 Å². The van der Waals surface area contributed by atoms with Gasteiger partial charge in [0, 0.05) is 18.6 Å². The SMILES string of the molecule is CC(C)(C)NC(=O)CN1CCCN(N)C1=O. The standard InChI is InChI=1S/C10H20N4O2/c1-10(2,3)12-8(15)7-13-5-4-6-14(11)9(13)16/h4-7,11H2,1-3H3,(H,12,15). The van der Waals surface area contributed by atoms with Crippen LogP contribution < -0.4 is 11.2 Å². The van der Waals surface area contributed by atoms with Gasteiger partial charge in [0.05, 0.1) is 0 Å². The molecule has 0 spiro atoms. The van der Waals surface area contributed by atoms with Crippen LogP contribution >= 0.6 is 0 Å². The van der Waals surface area contributed by atoms with Gasteiger partial charge in [-0.3, -0.25) is 9.80 Å². The number of hydrazine groups is 1. The van der Waals surface area contributed by atoms with Crippen molar-refractivity contribution in [1.29, 1.82) is 0 Å². The van der Waals surface area contributed by atoms with Crippen molar-refractivity contribution < 1.29 is 9.59 Å². The highest BCUT2D eigenvalue weighted by molar-refractivity contribution is 5.84. The largest absolute Gasteiger partial charge is 0.350 e. The Morgan fingerprint density at radius 3 is 2.62 bits per heavy atom. The van der Waals surface area contributed by atoms with Crippen molar-refractivity contribution in [2.75, 3.05) is 19.6 Å². The number of carbonyl (C=O) groups is 2. The zero-order valence-corrected chi connectivity index (χ0v) is 10.1. The zero-order valence-electron chi connectivity index (χ0n) is 10.1. The van der Waals surface area contributed by atoms with Crippen LogP contribution in [0.25, 0.3) is 0 Å².